The molecule has 2 aromatic rings. The third kappa shape index (κ3) is 2.37. The number of Topliss-reactive ketones (excluding diaryl/α,β-unsaturated/α-hetero) is 1. The molecule has 112 valence electrons. The van der Waals surface area contributed by atoms with E-state index in [2.05, 4.69) is 0 Å². The molecule has 0 radical (unpaired) electrons. The highest BCUT2D eigenvalue weighted by Crippen LogP contribution is 2.39. The maximum absolute atomic E-state index is 13.7. The Balaban J connectivity index is 2.01. The van der Waals surface area contributed by atoms with Crippen molar-refractivity contribution in [3.05, 3.63) is 64.7 Å². The highest BCUT2D eigenvalue weighted by atomic mass is 19.1. The van der Waals surface area contributed by atoms with E-state index in [0.717, 1.165) is 5.56 Å². The van der Waals surface area contributed by atoms with Gasteiger partial charge in [0.05, 0.1) is 12.2 Å². The normalized spacial score (nSPS) is 14.9. The highest BCUT2D eigenvalue weighted by Gasteiger charge is 2.30. The summed E-state index contributed by atoms with van der Waals surface area (Å²) >= 11 is 0. The van der Waals surface area contributed by atoms with Crippen LogP contribution in [-0.2, 0) is 0 Å². The fraction of sp³-hybridized carbons (Fsp3) is 0.167. The molecular weight excluding hydrogens is 283 g/mol. The second-order valence-corrected chi connectivity index (χ2v) is 4.96. The van der Waals surface area contributed by atoms with Crippen LogP contribution in [0.15, 0.2) is 42.2 Å². The fourth-order valence-corrected chi connectivity index (χ4v) is 2.41. The summed E-state index contributed by atoms with van der Waals surface area (Å²) < 4.78 is 24.9. The highest BCUT2D eigenvalue weighted by molar-refractivity contribution is 6.14. The van der Waals surface area contributed by atoms with Crippen LogP contribution in [0, 0.1) is 12.7 Å². The average Bonchev–Trinajstić information content (AvgIpc) is 2.82. The van der Waals surface area contributed by atoms with Crippen LogP contribution < -0.4 is 9.47 Å². The standard InChI is InChI=1S/C18H15FO3/c1-3-21-15-9-8-13-17(20)16(22-18(13)11(15)2)10-12-6-4-5-7-14(12)19/h4-10H,3H2,1-2H3/b16-10-. The van der Waals surface area contributed by atoms with Gasteiger partial charge in [-0.05, 0) is 38.1 Å². The van der Waals surface area contributed by atoms with Gasteiger partial charge in [0.25, 0.3) is 0 Å². The number of fused-ring (bicyclic) bond motifs is 1. The SMILES string of the molecule is CCOc1ccc2c(c1C)O/C(=C\c1ccccc1F)C2=O. The van der Waals surface area contributed by atoms with E-state index in [-0.39, 0.29) is 11.5 Å². The number of hydrogen-bond acceptors (Lipinski definition) is 3. The van der Waals surface area contributed by atoms with Crippen molar-refractivity contribution in [2.45, 2.75) is 13.8 Å². The van der Waals surface area contributed by atoms with E-state index in [1.807, 2.05) is 13.8 Å². The van der Waals surface area contributed by atoms with Crippen molar-refractivity contribution in [3.8, 4) is 11.5 Å². The van der Waals surface area contributed by atoms with E-state index in [9.17, 15) is 9.18 Å². The lowest BCUT2D eigenvalue weighted by Gasteiger charge is -2.09. The average molecular weight is 298 g/mol. The van der Waals surface area contributed by atoms with Gasteiger partial charge < -0.3 is 9.47 Å². The van der Waals surface area contributed by atoms with Crippen LogP contribution >= 0.6 is 0 Å². The molecule has 4 heteroatoms. The van der Waals surface area contributed by atoms with Gasteiger partial charge in [0.15, 0.2) is 5.76 Å². The van der Waals surface area contributed by atoms with E-state index in [0.29, 0.717) is 29.2 Å². The van der Waals surface area contributed by atoms with Gasteiger partial charge in [-0.2, -0.15) is 0 Å². The molecule has 0 N–H and O–H groups in total. The van der Waals surface area contributed by atoms with E-state index < -0.39 is 5.82 Å². The Morgan fingerprint density at radius 1 is 1.23 bits per heavy atom. The van der Waals surface area contributed by atoms with Gasteiger partial charge >= 0.3 is 0 Å². The first kappa shape index (κ1) is 14.3. The first-order valence-electron chi connectivity index (χ1n) is 7.07. The van der Waals surface area contributed by atoms with Crippen molar-refractivity contribution >= 4 is 11.9 Å². The number of allylic oxidation sites excluding steroid dienone is 1. The monoisotopic (exact) mass is 298 g/mol. The maximum atomic E-state index is 13.7. The Bertz CT molecular complexity index is 778. The summed E-state index contributed by atoms with van der Waals surface area (Å²) in [6.07, 6.45) is 1.43. The van der Waals surface area contributed by atoms with Crippen LogP contribution in [-0.4, -0.2) is 12.4 Å². The van der Waals surface area contributed by atoms with Crippen molar-refractivity contribution in [1.82, 2.24) is 0 Å². The number of ether oxygens (including phenoxy) is 2. The summed E-state index contributed by atoms with van der Waals surface area (Å²) in [5, 5.41) is 0. The van der Waals surface area contributed by atoms with Crippen molar-refractivity contribution in [1.29, 1.82) is 0 Å². The Morgan fingerprint density at radius 3 is 2.73 bits per heavy atom. The van der Waals surface area contributed by atoms with E-state index in [1.54, 1.807) is 30.3 Å². The lowest BCUT2D eigenvalue weighted by molar-refractivity contribution is 0.101. The quantitative estimate of drug-likeness (QED) is 0.799. The second-order valence-electron chi connectivity index (χ2n) is 4.96. The van der Waals surface area contributed by atoms with Crippen molar-refractivity contribution < 1.29 is 18.7 Å². The summed E-state index contributed by atoms with van der Waals surface area (Å²) in [6.45, 7) is 4.26. The number of ketones is 1. The van der Waals surface area contributed by atoms with Crippen LogP contribution in [0.1, 0.15) is 28.4 Å². The minimum Gasteiger partial charge on any atom is -0.493 e. The molecule has 0 amide bonds. The van der Waals surface area contributed by atoms with E-state index >= 15 is 0 Å². The summed E-state index contributed by atoms with van der Waals surface area (Å²) in [5.41, 5.74) is 1.56. The van der Waals surface area contributed by atoms with Crippen LogP contribution in [0.5, 0.6) is 11.5 Å². The molecule has 0 aromatic heterocycles. The van der Waals surface area contributed by atoms with Crippen LogP contribution in [0.25, 0.3) is 6.08 Å². The molecule has 2 aromatic carbocycles. The number of carbonyl (C=O) groups is 1. The molecule has 1 aliphatic heterocycles. The van der Waals surface area contributed by atoms with Crippen molar-refractivity contribution in [3.63, 3.8) is 0 Å². The van der Waals surface area contributed by atoms with Gasteiger partial charge in [-0.3, -0.25) is 4.79 Å². The Kier molecular flexibility index (Phi) is 3.67. The molecule has 0 saturated heterocycles. The zero-order chi connectivity index (χ0) is 15.7. The van der Waals surface area contributed by atoms with E-state index in [1.165, 1.54) is 12.1 Å². The number of hydrogen-bond donors (Lipinski definition) is 0. The van der Waals surface area contributed by atoms with Crippen molar-refractivity contribution in [2.24, 2.45) is 0 Å². The maximum Gasteiger partial charge on any atom is 0.231 e. The van der Waals surface area contributed by atoms with Crippen LogP contribution in [0.4, 0.5) is 4.39 Å². The summed E-state index contributed by atoms with van der Waals surface area (Å²) in [5.74, 6) is 0.648. The zero-order valence-electron chi connectivity index (χ0n) is 12.4. The molecule has 1 aliphatic rings. The lowest BCUT2D eigenvalue weighted by atomic mass is 10.1. The summed E-state index contributed by atoms with van der Waals surface area (Å²) in [6, 6.07) is 9.68. The summed E-state index contributed by atoms with van der Waals surface area (Å²) in [7, 11) is 0. The first-order chi connectivity index (χ1) is 10.6. The van der Waals surface area contributed by atoms with Gasteiger partial charge in [0, 0.05) is 11.1 Å². The van der Waals surface area contributed by atoms with Gasteiger partial charge in [-0.1, -0.05) is 18.2 Å². The molecule has 3 rings (SSSR count). The van der Waals surface area contributed by atoms with Gasteiger partial charge in [-0.25, -0.2) is 4.39 Å². The van der Waals surface area contributed by atoms with Crippen molar-refractivity contribution in [2.75, 3.05) is 6.61 Å². The molecule has 0 bridgehead atoms. The molecule has 1 heterocycles. The largest absolute Gasteiger partial charge is 0.493 e. The third-order valence-electron chi connectivity index (χ3n) is 3.53. The van der Waals surface area contributed by atoms with Crippen LogP contribution in [0.3, 0.4) is 0 Å². The van der Waals surface area contributed by atoms with Gasteiger partial charge in [-0.15, -0.1) is 0 Å². The Labute approximate surface area is 128 Å². The number of benzene rings is 2. The topological polar surface area (TPSA) is 35.5 Å². The van der Waals surface area contributed by atoms with Gasteiger partial charge in [0.1, 0.15) is 17.3 Å². The number of rotatable bonds is 3. The molecule has 0 aliphatic carbocycles. The zero-order valence-corrected chi connectivity index (χ0v) is 12.4. The second kappa shape index (κ2) is 5.64. The van der Waals surface area contributed by atoms with Gasteiger partial charge in [0.2, 0.25) is 5.78 Å². The predicted octanol–water partition coefficient (Wildman–Crippen LogP) is 4.15. The first-order valence-corrected chi connectivity index (χ1v) is 7.07. The minimum absolute atomic E-state index is 0.122. The molecule has 0 unspecified atom stereocenters. The Hall–Kier alpha value is -2.62. The molecule has 22 heavy (non-hydrogen) atoms. The summed E-state index contributed by atoms with van der Waals surface area (Å²) in [4.78, 5) is 12.4. The lowest BCUT2D eigenvalue weighted by Crippen LogP contribution is -1.98. The Morgan fingerprint density at radius 2 is 2.00 bits per heavy atom. The number of halogens is 1. The molecule has 0 spiro atoms. The minimum atomic E-state index is -0.394. The van der Waals surface area contributed by atoms with E-state index in [4.69, 9.17) is 9.47 Å². The molecular formula is C18H15FO3. The smallest absolute Gasteiger partial charge is 0.231 e. The molecule has 0 saturated carbocycles. The third-order valence-corrected chi connectivity index (χ3v) is 3.53. The number of carbonyl (C=O) groups excluding carboxylic acids is 1. The molecule has 3 nitrogen and oxygen atoms in total. The predicted molar refractivity (Wildman–Crippen MR) is 81.7 cm³/mol. The van der Waals surface area contributed by atoms with Crippen LogP contribution in [0.2, 0.25) is 0 Å². The molecule has 0 fully saturated rings. The molecule has 0 atom stereocenters. The fourth-order valence-electron chi connectivity index (χ4n) is 2.41.